The molecule has 0 radical (unpaired) electrons. The molecule has 6 nitrogen and oxygen atoms in total. The molecule has 0 aromatic heterocycles. The minimum Gasteiger partial charge on any atom is -0.462 e. The lowest BCUT2D eigenvalue weighted by molar-refractivity contribution is -0.167. The molecule has 0 fully saturated rings. The summed E-state index contributed by atoms with van der Waals surface area (Å²) >= 11 is 0. The fraction of sp³-hybridized carbons (Fsp3) is 0.803. The van der Waals surface area contributed by atoms with Crippen LogP contribution in [0.4, 0.5) is 0 Å². The summed E-state index contributed by atoms with van der Waals surface area (Å²) in [6, 6.07) is 0. The zero-order chi connectivity index (χ0) is 52.2. The van der Waals surface area contributed by atoms with Gasteiger partial charge < -0.3 is 14.2 Å². The molecule has 72 heavy (non-hydrogen) atoms. The number of unbranched alkanes of at least 4 members (excludes halogenated alkanes) is 36. The van der Waals surface area contributed by atoms with E-state index in [0.29, 0.717) is 19.3 Å². The third-order valence-electron chi connectivity index (χ3n) is 13.8. The summed E-state index contributed by atoms with van der Waals surface area (Å²) in [5.41, 5.74) is 0. The Kier molecular flexibility index (Phi) is 58.2. The third kappa shape index (κ3) is 58.0. The highest BCUT2D eigenvalue weighted by atomic mass is 16.6. The first kappa shape index (κ1) is 69.1. The Labute approximate surface area is 447 Å². The Morgan fingerprint density at radius 1 is 0.292 bits per heavy atom. The minimum absolute atomic E-state index is 0.0779. The van der Waals surface area contributed by atoms with Crippen molar-refractivity contribution < 1.29 is 28.6 Å². The second-order valence-corrected chi connectivity index (χ2v) is 20.9. The van der Waals surface area contributed by atoms with E-state index in [2.05, 4.69) is 81.5 Å². The van der Waals surface area contributed by atoms with Gasteiger partial charge in [0.05, 0.1) is 0 Å². The van der Waals surface area contributed by atoms with Crippen molar-refractivity contribution in [1.29, 1.82) is 0 Å². The van der Waals surface area contributed by atoms with Crippen molar-refractivity contribution >= 4 is 17.9 Å². The number of allylic oxidation sites excluding steroid dienone is 10. The van der Waals surface area contributed by atoms with Gasteiger partial charge in [0.2, 0.25) is 0 Å². The lowest BCUT2D eigenvalue weighted by Gasteiger charge is -2.18. The maximum absolute atomic E-state index is 12.9. The normalized spacial score (nSPS) is 12.4. The van der Waals surface area contributed by atoms with E-state index in [1.165, 1.54) is 186 Å². The molecule has 0 aromatic carbocycles. The van der Waals surface area contributed by atoms with E-state index < -0.39 is 6.10 Å². The molecule has 418 valence electrons. The van der Waals surface area contributed by atoms with Gasteiger partial charge in [-0.1, -0.05) is 281 Å². The maximum Gasteiger partial charge on any atom is 0.306 e. The van der Waals surface area contributed by atoms with Gasteiger partial charge >= 0.3 is 17.9 Å². The highest BCUT2D eigenvalue weighted by Crippen LogP contribution is 2.17. The van der Waals surface area contributed by atoms with Crippen molar-refractivity contribution in [2.75, 3.05) is 13.2 Å². The first-order valence-electron chi connectivity index (χ1n) is 31.3. The summed E-state index contributed by atoms with van der Waals surface area (Å²) in [4.78, 5) is 38.3. The van der Waals surface area contributed by atoms with E-state index in [4.69, 9.17) is 14.2 Å². The van der Waals surface area contributed by atoms with Gasteiger partial charge in [-0.25, -0.2) is 0 Å². The summed E-state index contributed by atoms with van der Waals surface area (Å²) in [6.45, 7) is 6.55. The lowest BCUT2D eigenvalue weighted by Crippen LogP contribution is -2.30. The fourth-order valence-corrected chi connectivity index (χ4v) is 9.08. The monoisotopic (exact) mass is 1010 g/mol. The van der Waals surface area contributed by atoms with Gasteiger partial charge in [0.15, 0.2) is 6.10 Å². The first-order chi connectivity index (χ1) is 35.5. The molecule has 6 heteroatoms. The molecule has 0 aliphatic carbocycles. The predicted molar refractivity (Wildman–Crippen MR) is 312 cm³/mol. The molecule has 0 spiro atoms. The van der Waals surface area contributed by atoms with Crippen molar-refractivity contribution in [3.05, 3.63) is 60.8 Å². The Bertz CT molecular complexity index is 1290. The van der Waals surface area contributed by atoms with Gasteiger partial charge in [0.1, 0.15) is 13.2 Å². The van der Waals surface area contributed by atoms with Crippen molar-refractivity contribution in [1.82, 2.24) is 0 Å². The van der Waals surface area contributed by atoms with E-state index in [0.717, 1.165) is 96.3 Å². The second kappa shape index (κ2) is 60.7. The SMILES string of the molecule is CC/C=C\C/C=C\C/C=C\C/C=C\CCCCCCCCCCC(=O)OCC(COC(=O)CCCCCCC/C=C\CCCCCCC)OC(=O)CCCCCCCCCCCCCCCCCCCCC. The van der Waals surface area contributed by atoms with Gasteiger partial charge in [-0.15, -0.1) is 0 Å². The van der Waals surface area contributed by atoms with E-state index in [-0.39, 0.29) is 31.1 Å². The third-order valence-corrected chi connectivity index (χ3v) is 13.8. The minimum atomic E-state index is -0.780. The molecular weight excluding hydrogens is 889 g/mol. The molecule has 0 saturated heterocycles. The van der Waals surface area contributed by atoms with Crippen LogP contribution in [0, 0.1) is 0 Å². The predicted octanol–water partition coefficient (Wildman–Crippen LogP) is 21.2. The van der Waals surface area contributed by atoms with Crippen LogP contribution in [0.25, 0.3) is 0 Å². The van der Waals surface area contributed by atoms with Gasteiger partial charge in [-0.3, -0.25) is 14.4 Å². The van der Waals surface area contributed by atoms with Crippen LogP contribution in [0.2, 0.25) is 0 Å². The number of carbonyl (C=O) groups is 3. The molecule has 0 amide bonds. The second-order valence-electron chi connectivity index (χ2n) is 20.9. The van der Waals surface area contributed by atoms with Crippen molar-refractivity contribution in [3.8, 4) is 0 Å². The topological polar surface area (TPSA) is 78.9 Å². The largest absolute Gasteiger partial charge is 0.462 e. The highest BCUT2D eigenvalue weighted by Gasteiger charge is 2.19. The first-order valence-corrected chi connectivity index (χ1v) is 31.3. The van der Waals surface area contributed by atoms with Gasteiger partial charge in [-0.2, -0.15) is 0 Å². The number of ether oxygens (including phenoxy) is 3. The molecule has 0 saturated carbocycles. The molecular formula is C66H118O6. The summed E-state index contributed by atoms with van der Waals surface area (Å²) in [5, 5.41) is 0. The zero-order valence-electron chi connectivity index (χ0n) is 47.9. The zero-order valence-corrected chi connectivity index (χ0v) is 47.9. The van der Waals surface area contributed by atoms with Crippen LogP contribution in [0.5, 0.6) is 0 Å². The van der Waals surface area contributed by atoms with E-state index in [1.807, 2.05) is 0 Å². The van der Waals surface area contributed by atoms with Crippen LogP contribution in [0.15, 0.2) is 60.8 Å². The maximum atomic E-state index is 12.9. The number of rotatable bonds is 57. The van der Waals surface area contributed by atoms with Crippen LogP contribution < -0.4 is 0 Å². The molecule has 0 bridgehead atoms. The molecule has 0 rings (SSSR count). The van der Waals surface area contributed by atoms with Crippen molar-refractivity contribution in [3.63, 3.8) is 0 Å². The number of hydrogen-bond acceptors (Lipinski definition) is 6. The summed E-state index contributed by atoms with van der Waals surface area (Å²) in [5.74, 6) is -0.876. The standard InChI is InChI=1S/C66H118O6/c1-4-7-10-13-16-19-22-25-28-30-32-33-35-36-38-41-44-47-50-53-56-59-65(68)71-62-63(61-70-64(67)58-55-52-49-46-43-40-27-24-21-18-15-12-9-6-3)72-66(69)60-57-54-51-48-45-42-39-37-34-31-29-26-23-20-17-14-11-8-5-2/h7,10,16,19,24-25,27-28,32-33,63H,4-6,8-9,11-15,17-18,20-23,26,29-31,34-62H2,1-3H3/b10-7-,19-16-,27-24-,28-25-,33-32-. The van der Waals surface area contributed by atoms with Crippen molar-refractivity contribution in [2.24, 2.45) is 0 Å². The van der Waals surface area contributed by atoms with Crippen LogP contribution in [0.3, 0.4) is 0 Å². The average molecular weight is 1010 g/mol. The van der Waals surface area contributed by atoms with E-state index in [9.17, 15) is 14.4 Å². The Morgan fingerprint density at radius 3 is 0.861 bits per heavy atom. The number of hydrogen-bond donors (Lipinski definition) is 0. The van der Waals surface area contributed by atoms with Crippen LogP contribution >= 0.6 is 0 Å². The Morgan fingerprint density at radius 2 is 0.542 bits per heavy atom. The molecule has 0 aliphatic heterocycles. The van der Waals surface area contributed by atoms with Crippen molar-refractivity contribution in [2.45, 2.75) is 329 Å². The van der Waals surface area contributed by atoms with Gasteiger partial charge in [0, 0.05) is 19.3 Å². The molecule has 1 unspecified atom stereocenters. The molecule has 1 atom stereocenters. The van der Waals surface area contributed by atoms with Crippen LogP contribution in [-0.4, -0.2) is 37.2 Å². The van der Waals surface area contributed by atoms with E-state index >= 15 is 0 Å². The van der Waals surface area contributed by atoms with Crippen LogP contribution in [-0.2, 0) is 28.6 Å². The smallest absolute Gasteiger partial charge is 0.306 e. The van der Waals surface area contributed by atoms with Gasteiger partial charge in [-0.05, 0) is 83.5 Å². The quantitative estimate of drug-likeness (QED) is 0.0261. The summed E-state index contributed by atoms with van der Waals surface area (Å²) in [6.07, 6.45) is 76.5. The average Bonchev–Trinajstić information content (AvgIpc) is 3.38. The molecule has 0 aliphatic rings. The fourth-order valence-electron chi connectivity index (χ4n) is 9.08. The number of esters is 3. The lowest BCUT2D eigenvalue weighted by atomic mass is 10.0. The highest BCUT2D eigenvalue weighted by molar-refractivity contribution is 5.71. The molecule has 0 heterocycles. The summed E-state index contributed by atoms with van der Waals surface area (Å²) < 4.78 is 16.9. The molecule has 0 aromatic rings. The Hall–Kier alpha value is -2.89. The van der Waals surface area contributed by atoms with Crippen LogP contribution in [0.1, 0.15) is 323 Å². The summed E-state index contributed by atoms with van der Waals surface area (Å²) in [7, 11) is 0. The molecule has 0 N–H and O–H groups in total. The van der Waals surface area contributed by atoms with E-state index in [1.54, 1.807) is 0 Å². The van der Waals surface area contributed by atoms with Gasteiger partial charge in [0.25, 0.3) is 0 Å². The number of carbonyl (C=O) groups excluding carboxylic acids is 3. The Balaban J connectivity index is 4.34.